The molecular weight excluding hydrogens is 236 g/mol. The normalized spacial score (nSPS) is 15.4. The second kappa shape index (κ2) is 5.02. The molecule has 3 nitrogen and oxygen atoms in total. The van der Waals surface area contributed by atoms with E-state index in [-0.39, 0.29) is 0 Å². The van der Waals surface area contributed by atoms with E-state index in [0.29, 0.717) is 6.42 Å². The molecule has 1 aliphatic heterocycles. The molecule has 2 aromatic rings. The molecule has 98 valence electrons. The van der Waals surface area contributed by atoms with Gasteiger partial charge in [0.2, 0.25) is 0 Å². The molecule has 3 rings (SSSR count). The van der Waals surface area contributed by atoms with Crippen molar-refractivity contribution in [1.82, 2.24) is 4.98 Å². The van der Waals surface area contributed by atoms with Gasteiger partial charge in [-0.25, -0.2) is 4.98 Å². The lowest BCUT2D eigenvalue weighted by Crippen LogP contribution is -2.14. The van der Waals surface area contributed by atoms with Gasteiger partial charge in [-0.3, -0.25) is 0 Å². The standard InChI is InChI=1S/C16H18N2O/c1-2-15(19)13-7-8-16(17-11-13)18-10-9-12-5-3-4-6-14(12)18/h3-8,11,15,19H,2,9-10H2,1H3. The van der Waals surface area contributed by atoms with Gasteiger partial charge in [0.15, 0.2) is 0 Å². The monoisotopic (exact) mass is 254 g/mol. The van der Waals surface area contributed by atoms with E-state index in [2.05, 4.69) is 34.1 Å². The Morgan fingerprint density at radius 2 is 2.11 bits per heavy atom. The number of para-hydroxylation sites is 1. The minimum Gasteiger partial charge on any atom is -0.388 e. The molecule has 0 saturated heterocycles. The summed E-state index contributed by atoms with van der Waals surface area (Å²) in [6, 6.07) is 12.4. The Balaban J connectivity index is 1.88. The molecule has 2 heterocycles. The molecule has 1 aromatic carbocycles. The second-order valence-electron chi connectivity index (χ2n) is 4.90. The molecule has 0 bridgehead atoms. The first kappa shape index (κ1) is 12.2. The Labute approximate surface area is 113 Å². The van der Waals surface area contributed by atoms with Crippen molar-refractivity contribution in [3.8, 4) is 0 Å². The summed E-state index contributed by atoms with van der Waals surface area (Å²) in [4.78, 5) is 6.73. The zero-order valence-corrected chi connectivity index (χ0v) is 11.1. The molecule has 0 radical (unpaired) electrons. The van der Waals surface area contributed by atoms with Crippen molar-refractivity contribution in [3.05, 3.63) is 53.7 Å². The summed E-state index contributed by atoms with van der Waals surface area (Å²) < 4.78 is 0. The summed E-state index contributed by atoms with van der Waals surface area (Å²) in [7, 11) is 0. The minimum atomic E-state index is -0.410. The number of hydrogen-bond acceptors (Lipinski definition) is 3. The number of nitrogens with zero attached hydrogens (tertiary/aromatic N) is 2. The number of aliphatic hydroxyl groups is 1. The SMILES string of the molecule is CCC(O)c1ccc(N2CCc3ccccc32)nc1. The first-order valence-electron chi connectivity index (χ1n) is 6.79. The maximum atomic E-state index is 9.79. The number of aliphatic hydroxyl groups excluding tert-OH is 1. The van der Waals surface area contributed by atoms with E-state index in [1.807, 2.05) is 19.1 Å². The zero-order valence-electron chi connectivity index (χ0n) is 11.1. The van der Waals surface area contributed by atoms with E-state index in [0.717, 1.165) is 24.3 Å². The van der Waals surface area contributed by atoms with Crippen LogP contribution in [0.5, 0.6) is 0 Å². The smallest absolute Gasteiger partial charge is 0.132 e. The van der Waals surface area contributed by atoms with Crippen LogP contribution >= 0.6 is 0 Å². The summed E-state index contributed by atoms with van der Waals surface area (Å²) in [6.45, 7) is 2.94. The molecule has 0 fully saturated rings. The lowest BCUT2D eigenvalue weighted by Gasteiger charge is -2.19. The molecule has 0 saturated carbocycles. The van der Waals surface area contributed by atoms with Crippen LogP contribution < -0.4 is 4.90 Å². The number of rotatable bonds is 3. The number of fused-ring (bicyclic) bond motifs is 1. The average Bonchev–Trinajstić information content (AvgIpc) is 2.90. The van der Waals surface area contributed by atoms with Gasteiger partial charge in [0, 0.05) is 18.4 Å². The van der Waals surface area contributed by atoms with Gasteiger partial charge < -0.3 is 10.0 Å². The van der Waals surface area contributed by atoms with Crippen molar-refractivity contribution < 1.29 is 5.11 Å². The molecular formula is C16H18N2O. The second-order valence-corrected chi connectivity index (χ2v) is 4.90. The molecule has 0 amide bonds. The minimum absolute atomic E-state index is 0.410. The molecule has 1 N–H and O–H groups in total. The van der Waals surface area contributed by atoms with Gasteiger partial charge >= 0.3 is 0 Å². The number of benzene rings is 1. The third kappa shape index (κ3) is 2.22. The highest BCUT2D eigenvalue weighted by Crippen LogP contribution is 2.33. The van der Waals surface area contributed by atoms with Gasteiger partial charge in [0.25, 0.3) is 0 Å². The van der Waals surface area contributed by atoms with E-state index < -0.39 is 6.10 Å². The van der Waals surface area contributed by atoms with Crippen LogP contribution in [0.4, 0.5) is 11.5 Å². The molecule has 1 unspecified atom stereocenters. The van der Waals surface area contributed by atoms with Crippen LogP contribution in [-0.4, -0.2) is 16.6 Å². The zero-order chi connectivity index (χ0) is 13.2. The lowest BCUT2D eigenvalue weighted by molar-refractivity contribution is 0.173. The molecule has 3 heteroatoms. The van der Waals surface area contributed by atoms with Gasteiger partial charge in [0.05, 0.1) is 6.10 Å². The summed E-state index contributed by atoms with van der Waals surface area (Å²) in [6.07, 6.45) is 3.15. The largest absolute Gasteiger partial charge is 0.388 e. The highest BCUT2D eigenvalue weighted by Gasteiger charge is 2.20. The van der Waals surface area contributed by atoms with Crippen LogP contribution in [0.3, 0.4) is 0 Å². The fourth-order valence-electron chi connectivity index (χ4n) is 2.57. The Morgan fingerprint density at radius 3 is 2.84 bits per heavy atom. The Kier molecular flexibility index (Phi) is 3.22. The van der Waals surface area contributed by atoms with Gasteiger partial charge in [-0.2, -0.15) is 0 Å². The molecule has 0 aliphatic carbocycles. The highest BCUT2D eigenvalue weighted by molar-refractivity contribution is 5.67. The molecule has 1 atom stereocenters. The van der Waals surface area contributed by atoms with Crippen LogP contribution in [0.1, 0.15) is 30.6 Å². The Bertz CT molecular complexity index is 565. The van der Waals surface area contributed by atoms with Crippen LogP contribution in [0.25, 0.3) is 0 Å². The van der Waals surface area contributed by atoms with Crippen molar-refractivity contribution in [2.75, 3.05) is 11.4 Å². The third-order valence-corrected chi connectivity index (χ3v) is 3.71. The van der Waals surface area contributed by atoms with Crippen LogP contribution in [-0.2, 0) is 6.42 Å². The summed E-state index contributed by atoms with van der Waals surface area (Å²) in [5, 5.41) is 9.79. The topological polar surface area (TPSA) is 36.4 Å². The van der Waals surface area contributed by atoms with E-state index in [9.17, 15) is 5.11 Å². The number of aromatic nitrogens is 1. The first-order valence-corrected chi connectivity index (χ1v) is 6.79. The number of anilines is 2. The van der Waals surface area contributed by atoms with Crippen molar-refractivity contribution in [3.63, 3.8) is 0 Å². The predicted octanol–water partition coefficient (Wildman–Crippen LogP) is 3.22. The fourth-order valence-corrected chi connectivity index (χ4v) is 2.57. The van der Waals surface area contributed by atoms with E-state index in [1.54, 1.807) is 6.20 Å². The van der Waals surface area contributed by atoms with E-state index in [4.69, 9.17) is 0 Å². The summed E-state index contributed by atoms with van der Waals surface area (Å²) in [5.74, 6) is 0.956. The maximum absolute atomic E-state index is 9.79. The van der Waals surface area contributed by atoms with Crippen LogP contribution in [0, 0.1) is 0 Å². The molecule has 19 heavy (non-hydrogen) atoms. The Morgan fingerprint density at radius 1 is 1.26 bits per heavy atom. The van der Waals surface area contributed by atoms with Crippen LogP contribution in [0.2, 0.25) is 0 Å². The average molecular weight is 254 g/mol. The number of pyridine rings is 1. The molecule has 0 spiro atoms. The van der Waals surface area contributed by atoms with Crippen molar-refractivity contribution in [2.24, 2.45) is 0 Å². The number of hydrogen-bond donors (Lipinski definition) is 1. The summed E-state index contributed by atoms with van der Waals surface area (Å²) in [5.41, 5.74) is 3.51. The quantitative estimate of drug-likeness (QED) is 0.913. The predicted molar refractivity (Wildman–Crippen MR) is 76.6 cm³/mol. The van der Waals surface area contributed by atoms with Gasteiger partial charge in [0.1, 0.15) is 5.82 Å². The van der Waals surface area contributed by atoms with Crippen LogP contribution in [0.15, 0.2) is 42.6 Å². The first-order chi connectivity index (χ1) is 9.29. The maximum Gasteiger partial charge on any atom is 0.132 e. The van der Waals surface area contributed by atoms with E-state index in [1.165, 1.54) is 11.3 Å². The van der Waals surface area contributed by atoms with Crippen molar-refractivity contribution in [1.29, 1.82) is 0 Å². The fraction of sp³-hybridized carbons (Fsp3) is 0.312. The Hall–Kier alpha value is -1.87. The van der Waals surface area contributed by atoms with E-state index >= 15 is 0 Å². The summed E-state index contributed by atoms with van der Waals surface area (Å²) >= 11 is 0. The van der Waals surface area contributed by atoms with Gasteiger partial charge in [-0.05, 0) is 36.1 Å². The highest BCUT2D eigenvalue weighted by atomic mass is 16.3. The molecule has 1 aliphatic rings. The third-order valence-electron chi connectivity index (χ3n) is 3.71. The van der Waals surface area contributed by atoms with Gasteiger partial charge in [-0.1, -0.05) is 31.2 Å². The van der Waals surface area contributed by atoms with Crippen molar-refractivity contribution in [2.45, 2.75) is 25.9 Å². The van der Waals surface area contributed by atoms with Crippen molar-refractivity contribution >= 4 is 11.5 Å². The molecule has 1 aromatic heterocycles. The lowest BCUT2D eigenvalue weighted by atomic mass is 10.1. The van der Waals surface area contributed by atoms with Gasteiger partial charge in [-0.15, -0.1) is 0 Å².